The van der Waals surface area contributed by atoms with E-state index in [0.717, 1.165) is 12.1 Å². The maximum Gasteiger partial charge on any atom is 0.191 e. The van der Waals surface area contributed by atoms with Crippen molar-refractivity contribution in [2.24, 2.45) is 0 Å². The van der Waals surface area contributed by atoms with Gasteiger partial charge in [0.15, 0.2) is 17.4 Å². The molecule has 4 aromatic rings. The van der Waals surface area contributed by atoms with Crippen molar-refractivity contribution in [3.8, 4) is 17.2 Å². The van der Waals surface area contributed by atoms with Crippen LogP contribution >= 0.6 is 0 Å². The molecule has 0 saturated heterocycles. The smallest absolute Gasteiger partial charge is 0.191 e. The van der Waals surface area contributed by atoms with Crippen LogP contribution < -0.4 is 19.5 Å². The highest BCUT2D eigenvalue weighted by molar-refractivity contribution is 6.11. The molecular formula is C28H29F3N2O5. The number of aliphatic hydroxyl groups excluding tert-OH is 1. The van der Waals surface area contributed by atoms with Crippen molar-refractivity contribution in [2.45, 2.75) is 19.9 Å². The predicted molar refractivity (Wildman–Crippen MR) is 139 cm³/mol. The number of nitrogens with one attached hydrogen (secondary N) is 2. The Morgan fingerprint density at radius 2 is 1.74 bits per heavy atom. The van der Waals surface area contributed by atoms with Gasteiger partial charge in [-0.3, -0.25) is 4.79 Å². The van der Waals surface area contributed by atoms with E-state index in [4.69, 9.17) is 19.3 Å². The van der Waals surface area contributed by atoms with E-state index in [1.807, 2.05) is 13.8 Å². The first-order valence-electron chi connectivity index (χ1n) is 11.9. The fourth-order valence-electron chi connectivity index (χ4n) is 3.89. The number of aliphatic hydroxyl groups is 1. The van der Waals surface area contributed by atoms with Crippen LogP contribution in [0.1, 0.15) is 35.8 Å². The molecule has 0 aliphatic rings. The second-order valence-corrected chi connectivity index (χ2v) is 7.78. The molecule has 0 spiro atoms. The van der Waals surface area contributed by atoms with E-state index >= 15 is 0 Å². The maximum atomic E-state index is 14.3. The zero-order valence-corrected chi connectivity index (χ0v) is 21.4. The number of carbonyl (C=O) groups is 1. The van der Waals surface area contributed by atoms with E-state index < -0.39 is 29.3 Å². The molecule has 7 nitrogen and oxygen atoms in total. The zero-order chi connectivity index (χ0) is 27.8. The number of H-pyrrole nitrogens is 1. The Bertz CT molecular complexity index is 1410. The topological polar surface area (TPSA) is 92.8 Å². The third-order valence-electron chi connectivity index (χ3n) is 5.57. The zero-order valence-electron chi connectivity index (χ0n) is 21.4. The number of ether oxygens (including phenoxy) is 3. The van der Waals surface area contributed by atoms with Crippen LogP contribution in [0.3, 0.4) is 0 Å². The largest absolute Gasteiger partial charge is 0.497 e. The number of fused-ring (bicyclic) bond motifs is 1. The van der Waals surface area contributed by atoms with Crippen LogP contribution in [-0.2, 0) is 0 Å². The first-order chi connectivity index (χ1) is 18.4. The Balaban J connectivity index is 0.00000195. The lowest BCUT2D eigenvalue weighted by molar-refractivity contribution is 0.0970. The molecule has 1 atom stereocenters. The van der Waals surface area contributed by atoms with Gasteiger partial charge in [0, 0.05) is 52.7 Å². The number of aromatic amines is 1. The minimum Gasteiger partial charge on any atom is -0.497 e. The summed E-state index contributed by atoms with van der Waals surface area (Å²) in [5, 5.41) is 12.4. The van der Waals surface area contributed by atoms with Crippen LogP contribution in [0.2, 0.25) is 0 Å². The van der Waals surface area contributed by atoms with Gasteiger partial charge in [0.1, 0.15) is 35.7 Å². The van der Waals surface area contributed by atoms with E-state index in [1.54, 1.807) is 18.2 Å². The van der Waals surface area contributed by atoms with Crippen LogP contribution in [0.15, 0.2) is 54.7 Å². The Kier molecular flexibility index (Phi) is 9.61. The van der Waals surface area contributed by atoms with E-state index in [-0.39, 0.29) is 35.4 Å². The molecule has 0 bridgehead atoms. The quantitative estimate of drug-likeness (QED) is 0.217. The molecule has 1 unspecified atom stereocenters. The molecule has 0 aliphatic carbocycles. The molecule has 0 aliphatic heterocycles. The van der Waals surface area contributed by atoms with Crippen molar-refractivity contribution in [3.63, 3.8) is 0 Å². The molecule has 1 aromatic heterocycles. The molecule has 10 heteroatoms. The van der Waals surface area contributed by atoms with Crippen LogP contribution in [0, 0.1) is 17.5 Å². The fourth-order valence-corrected chi connectivity index (χ4v) is 3.89. The van der Waals surface area contributed by atoms with Gasteiger partial charge in [0.2, 0.25) is 0 Å². The van der Waals surface area contributed by atoms with Gasteiger partial charge >= 0.3 is 0 Å². The molecule has 3 N–H and O–H groups in total. The molecule has 0 fully saturated rings. The third kappa shape index (κ3) is 6.03. The fraction of sp³-hybridized carbons (Fsp3) is 0.250. The second kappa shape index (κ2) is 12.9. The first kappa shape index (κ1) is 28.4. The number of ketones is 1. The lowest BCUT2D eigenvalue weighted by Crippen LogP contribution is -2.22. The number of anilines is 1. The molecule has 38 heavy (non-hydrogen) atoms. The lowest BCUT2D eigenvalue weighted by atomic mass is 9.95. The summed E-state index contributed by atoms with van der Waals surface area (Å²) in [5.74, 6) is -2.34. The van der Waals surface area contributed by atoms with Crippen LogP contribution in [-0.4, -0.2) is 43.3 Å². The normalized spacial score (nSPS) is 11.4. The maximum absolute atomic E-state index is 14.3. The number of carbonyl (C=O) groups excluding carboxylic acids is 1. The Labute approximate surface area is 218 Å². The number of hydrogen-bond donors (Lipinski definition) is 3. The predicted octanol–water partition coefficient (Wildman–Crippen LogP) is 6.04. The van der Waals surface area contributed by atoms with Crippen molar-refractivity contribution in [2.75, 3.05) is 32.8 Å². The van der Waals surface area contributed by atoms with Gasteiger partial charge in [0.25, 0.3) is 0 Å². The van der Waals surface area contributed by atoms with Gasteiger partial charge in [-0.15, -0.1) is 0 Å². The van der Waals surface area contributed by atoms with Crippen molar-refractivity contribution in [3.05, 3.63) is 83.3 Å². The molecule has 1 heterocycles. The summed E-state index contributed by atoms with van der Waals surface area (Å²) in [7, 11) is 2.80. The van der Waals surface area contributed by atoms with Crippen molar-refractivity contribution in [1.82, 2.24) is 4.98 Å². The third-order valence-corrected chi connectivity index (χ3v) is 5.57. The molecule has 3 aromatic carbocycles. The molecule has 0 saturated carbocycles. The summed E-state index contributed by atoms with van der Waals surface area (Å²) in [6.45, 7) is 3.84. The van der Waals surface area contributed by atoms with Crippen molar-refractivity contribution >= 4 is 22.4 Å². The second-order valence-electron chi connectivity index (χ2n) is 7.78. The van der Waals surface area contributed by atoms with Gasteiger partial charge in [-0.2, -0.15) is 0 Å². The minimum atomic E-state index is -1.13. The summed E-state index contributed by atoms with van der Waals surface area (Å²) >= 11 is 0. The van der Waals surface area contributed by atoms with Crippen LogP contribution in [0.4, 0.5) is 18.9 Å². The highest BCUT2D eigenvalue weighted by Crippen LogP contribution is 2.35. The highest BCUT2D eigenvalue weighted by Gasteiger charge is 2.28. The van der Waals surface area contributed by atoms with Gasteiger partial charge in [-0.05, 0) is 24.3 Å². The van der Waals surface area contributed by atoms with Gasteiger partial charge in [-0.1, -0.05) is 13.8 Å². The van der Waals surface area contributed by atoms with Crippen molar-refractivity contribution in [1.29, 1.82) is 0 Å². The highest BCUT2D eigenvalue weighted by atomic mass is 19.2. The standard InChI is InChI=1S/C26H23F3N2O5.C2H6/c1-34-16-10-15(11-17(12-16)36-8-7-32)31-25(19-4-3-14(27)9-22(19)35-2)26(33)20-13-30-24-18(20)5-6-21(28)23(24)29;1-2/h3-6,9-13,25,30-32H,7-8H2,1-2H3;1-2H3. The Morgan fingerprint density at radius 1 is 1.00 bits per heavy atom. The number of aromatic nitrogens is 1. The summed E-state index contributed by atoms with van der Waals surface area (Å²) in [6.07, 6.45) is 1.29. The number of benzene rings is 3. The minimum absolute atomic E-state index is 0.0399. The molecule has 202 valence electrons. The molecular weight excluding hydrogens is 501 g/mol. The number of methoxy groups -OCH3 is 2. The summed E-state index contributed by atoms with van der Waals surface area (Å²) in [4.78, 5) is 16.5. The van der Waals surface area contributed by atoms with Gasteiger partial charge in [0.05, 0.1) is 26.3 Å². The lowest BCUT2D eigenvalue weighted by Gasteiger charge is -2.22. The van der Waals surface area contributed by atoms with Crippen LogP contribution in [0.25, 0.3) is 10.9 Å². The monoisotopic (exact) mass is 530 g/mol. The molecule has 0 amide bonds. The Morgan fingerprint density at radius 3 is 2.42 bits per heavy atom. The molecule has 4 rings (SSSR count). The molecule has 0 radical (unpaired) electrons. The van der Waals surface area contributed by atoms with E-state index in [1.165, 1.54) is 38.6 Å². The average Bonchev–Trinajstić information content (AvgIpc) is 3.38. The number of halogens is 3. The average molecular weight is 531 g/mol. The summed E-state index contributed by atoms with van der Waals surface area (Å²) in [6, 6.07) is 9.67. The van der Waals surface area contributed by atoms with E-state index in [2.05, 4.69) is 10.3 Å². The summed E-state index contributed by atoms with van der Waals surface area (Å²) in [5.41, 5.74) is 0.655. The van der Waals surface area contributed by atoms with Gasteiger partial charge < -0.3 is 29.6 Å². The first-order valence-corrected chi connectivity index (χ1v) is 11.9. The SMILES string of the molecule is CC.COc1cc(NC(C(=O)c2c[nH]c3c(F)c(F)ccc23)c2ccc(F)cc2OC)cc(OCCO)c1. The van der Waals surface area contributed by atoms with Gasteiger partial charge in [-0.25, -0.2) is 13.2 Å². The van der Waals surface area contributed by atoms with Crippen molar-refractivity contribution < 1.29 is 37.3 Å². The van der Waals surface area contributed by atoms with E-state index in [9.17, 15) is 18.0 Å². The number of hydrogen-bond acceptors (Lipinski definition) is 6. The number of Topliss-reactive ketones (excluding diaryl/α,β-unsaturated/α-hetero) is 1. The van der Waals surface area contributed by atoms with E-state index in [0.29, 0.717) is 22.7 Å². The summed E-state index contributed by atoms with van der Waals surface area (Å²) < 4.78 is 58.1. The van der Waals surface area contributed by atoms with Crippen LogP contribution in [0.5, 0.6) is 17.2 Å². The number of rotatable bonds is 10. The Hall–Kier alpha value is -4.18.